The number of carbonyl (C=O) groups excluding carboxylic acids is 1. The van der Waals surface area contributed by atoms with E-state index in [4.69, 9.17) is 5.11 Å². The van der Waals surface area contributed by atoms with Gasteiger partial charge >= 0.3 is 5.97 Å². The molecule has 1 aromatic rings. The lowest BCUT2D eigenvalue weighted by atomic mass is 10.3. The molecule has 0 atom stereocenters. The monoisotopic (exact) mass is 299 g/mol. The van der Waals surface area contributed by atoms with Gasteiger partial charge in [-0.25, -0.2) is 9.78 Å². The third-order valence-electron chi connectivity index (χ3n) is 2.99. The highest BCUT2D eigenvalue weighted by atomic mass is 32.1. The Morgan fingerprint density at radius 3 is 2.55 bits per heavy atom. The van der Waals surface area contributed by atoms with Crippen LogP contribution in [0.2, 0.25) is 0 Å². The molecule has 0 radical (unpaired) electrons. The lowest BCUT2D eigenvalue weighted by Gasteiger charge is -2.20. The van der Waals surface area contributed by atoms with Crippen LogP contribution in [0.4, 0.5) is 5.13 Å². The second-order valence-corrected chi connectivity index (χ2v) is 5.91. The number of Topliss-reactive ketones (excluding diaryl/α,β-unsaturated/α-hetero) is 1. The van der Waals surface area contributed by atoms with Gasteiger partial charge in [0.25, 0.3) is 0 Å². The first kappa shape index (κ1) is 16.6. The zero-order chi connectivity index (χ0) is 15.3. The number of rotatable bonds is 8. The third kappa shape index (κ3) is 4.57. The molecule has 0 unspecified atom stereocenters. The Bertz CT molecular complexity index is 454. The predicted octanol–water partition coefficient (Wildman–Crippen LogP) is 2.19. The summed E-state index contributed by atoms with van der Waals surface area (Å²) >= 11 is 1.09. The smallest absolute Gasteiger partial charge is 0.356 e. The highest BCUT2D eigenvalue weighted by Crippen LogP contribution is 2.23. The molecular formula is C13H21N3O3S. The van der Waals surface area contributed by atoms with Gasteiger partial charge in [0.1, 0.15) is 4.88 Å². The highest BCUT2D eigenvalue weighted by molar-refractivity contribution is 7.17. The molecule has 0 aromatic carbocycles. The molecule has 0 spiro atoms. The number of nitrogens with one attached hydrogen (secondary N) is 1. The molecule has 20 heavy (non-hydrogen) atoms. The maximum Gasteiger partial charge on any atom is 0.356 e. The first-order valence-electron chi connectivity index (χ1n) is 6.52. The van der Waals surface area contributed by atoms with Crippen LogP contribution in [-0.4, -0.2) is 52.9 Å². The Hall–Kier alpha value is -1.47. The van der Waals surface area contributed by atoms with Gasteiger partial charge in [-0.05, 0) is 33.9 Å². The predicted molar refractivity (Wildman–Crippen MR) is 80.0 cm³/mol. The van der Waals surface area contributed by atoms with E-state index in [0.29, 0.717) is 17.7 Å². The van der Waals surface area contributed by atoms with Crippen molar-refractivity contribution in [1.29, 1.82) is 0 Å². The van der Waals surface area contributed by atoms with Gasteiger partial charge in [-0.3, -0.25) is 4.79 Å². The molecule has 112 valence electrons. The Morgan fingerprint density at radius 1 is 1.45 bits per heavy atom. The number of ketones is 1. The van der Waals surface area contributed by atoms with Crippen LogP contribution in [0.1, 0.15) is 47.4 Å². The third-order valence-corrected chi connectivity index (χ3v) is 4.11. The summed E-state index contributed by atoms with van der Waals surface area (Å²) in [6, 6.07) is 0.498. The highest BCUT2D eigenvalue weighted by Gasteiger charge is 2.20. The summed E-state index contributed by atoms with van der Waals surface area (Å²) in [4.78, 5) is 28.7. The average molecular weight is 299 g/mol. The number of hydrogen-bond acceptors (Lipinski definition) is 6. The van der Waals surface area contributed by atoms with Crippen LogP contribution in [-0.2, 0) is 0 Å². The number of aromatic nitrogens is 1. The van der Waals surface area contributed by atoms with Crippen molar-refractivity contribution in [2.24, 2.45) is 0 Å². The first-order chi connectivity index (χ1) is 9.32. The van der Waals surface area contributed by atoms with Gasteiger partial charge in [0, 0.05) is 19.5 Å². The van der Waals surface area contributed by atoms with Crippen LogP contribution in [0.5, 0.6) is 0 Å². The zero-order valence-corrected chi connectivity index (χ0v) is 13.1. The average Bonchev–Trinajstić information content (AvgIpc) is 2.78. The first-order valence-corrected chi connectivity index (χ1v) is 7.33. The van der Waals surface area contributed by atoms with Crippen LogP contribution in [0.25, 0.3) is 0 Å². The lowest BCUT2D eigenvalue weighted by molar-refractivity contribution is 0.0687. The second-order valence-electron chi connectivity index (χ2n) is 4.91. The summed E-state index contributed by atoms with van der Waals surface area (Å²) in [5, 5.41) is 12.6. The van der Waals surface area contributed by atoms with Crippen LogP contribution in [0.3, 0.4) is 0 Å². The van der Waals surface area contributed by atoms with Crippen molar-refractivity contribution in [3.63, 3.8) is 0 Å². The van der Waals surface area contributed by atoms with Crippen LogP contribution >= 0.6 is 11.3 Å². The van der Waals surface area contributed by atoms with Gasteiger partial charge in [0.15, 0.2) is 16.6 Å². The van der Waals surface area contributed by atoms with E-state index < -0.39 is 5.97 Å². The number of nitrogens with zero attached hydrogens (tertiary/aromatic N) is 2. The van der Waals surface area contributed by atoms with Crippen molar-refractivity contribution in [2.75, 3.05) is 25.5 Å². The quantitative estimate of drug-likeness (QED) is 0.565. The summed E-state index contributed by atoms with van der Waals surface area (Å²) in [6.45, 7) is 7.25. The van der Waals surface area contributed by atoms with Crippen molar-refractivity contribution in [3.8, 4) is 0 Å². The molecule has 1 heterocycles. The topological polar surface area (TPSA) is 82.5 Å². The van der Waals surface area contributed by atoms with Gasteiger partial charge in [0.2, 0.25) is 0 Å². The van der Waals surface area contributed by atoms with E-state index in [-0.39, 0.29) is 16.4 Å². The largest absolute Gasteiger partial charge is 0.476 e. The van der Waals surface area contributed by atoms with Gasteiger partial charge in [-0.15, -0.1) is 0 Å². The normalized spacial score (nSPS) is 11.1. The molecule has 6 nitrogen and oxygen atoms in total. The Kier molecular flexibility index (Phi) is 6.09. The fourth-order valence-electron chi connectivity index (χ4n) is 1.56. The molecule has 1 rings (SSSR count). The number of hydrogen-bond donors (Lipinski definition) is 2. The molecule has 1 aromatic heterocycles. The van der Waals surface area contributed by atoms with Crippen molar-refractivity contribution in [2.45, 2.75) is 33.2 Å². The summed E-state index contributed by atoms with van der Waals surface area (Å²) < 4.78 is 0. The van der Waals surface area contributed by atoms with E-state index in [1.165, 1.54) is 6.92 Å². The minimum Gasteiger partial charge on any atom is -0.476 e. The van der Waals surface area contributed by atoms with Crippen molar-refractivity contribution in [3.05, 3.63) is 10.6 Å². The van der Waals surface area contributed by atoms with E-state index in [1.807, 2.05) is 0 Å². The van der Waals surface area contributed by atoms with Gasteiger partial charge in [-0.1, -0.05) is 11.3 Å². The number of anilines is 1. The fraction of sp³-hybridized carbons (Fsp3) is 0.615. The van der Waals surface area contributed by atoms with E-state index in [1.54, 1.807) is 0 Å². The molecule has 2 N–H and O–H groups in total. The fourth-order valence-corrected chi connectivity index (χ4v) is 2.44. The molecular weight excluding hydrogens is 278 g/mol. The maximum atomic E-state index is 11.4. The summed E-state index contributed by atoms with van der Waals surface area (Å²) in [6.07, 6.45) is 0.923. The maximum absolute atomic E-state index is 11.4. The molecule has 0 aliphatic carbocycles. The molecule has 0 aliphatic heterocycles. The minimum absolute atomic E-state index is 0.163. The molecule has 0 amide bonds. The van der Waals surface area contributed by atoms with E-state index in [0.717, 1.165) is 24.3 Å². The second kappa shape index (κ2) is 7.35. The Balaban J connectivity index is 2.55. The van der Waals surface area contributed by atoms with Crippen molar-refractivity contribution < 1.29 is 14.7 Å². The van der Waals surface area contributed by atoms with Gasteiger partial charge < -0.3 is 15.3 Å². The molecule has 0 bridgehead atoms. The SMILES string of the molecule is CC(=O)c1sc(NCCCN(C)C(C)C)nc1C(=O)O. The van der Waals surface area contributed by atoms with E-state index in [2.05, 4.69) is 36.1 Å². The minimum atomic E-state index is -1.17. The molecule has 7 heteroatoms. The number of carboxylic acids is 1. The number of thiazole rings is 1. The molecule has 0 fully saturated rings. The van der Waals surface area contributed by atoms with Gasteiger partial charge in [0.05, 0.1) is 0 Å². The van der Waals surface area contributed by atoms with E-state index in [9.17, 15) is 9.59 Å². The Morgan fingerprint density at radius 2 is 2.10 bits per heavy atom. The van der Waals surface area contributed by atoms with Crippen LogP contribution in [0, 0.1) is 0 Å². The molecule has 0 saturated carbocycles. The Labute approximate surface area is 122 Å². The lowest BCUT2D eigenvalue weighted by Crippen LogP contribution is -2.28. The van der Waals surface area contributed by atoms with Crippen molar-refractivity contribution in [1.82, 2.24) is 9.88 Å². The van der Waals surface area contributed by atoms with Crippen molar-refractivity contribution >= 4 is 28.2 Å². The van der Waals surface area contributed by atoms with E-state index >= 15 is 0 Å². The summed E-state index contributed by atoms with van der Waals surface area (Å²) in [5.74, 6) is -1.44. The number of carbonyl (C=O) groups is 2. The zero-order valence-electron chi connectivity index (χ0n) is 12.3. The van der Waals surface area contributed by atoms with Gasteiger partial charge in [-0.2, -0.15) is 0 Å². The number of carboxylic acid groups (broad SMARTS) is 1. The summed E-state index contributed by atoms with van der Waals surface area (Å²) in [5.41, 5.74) is -0.163. The standard InChI is InChI=1S/C13H21N3O3S/c1-8(2)16(4)7-5-6-14-13-15-10(12(18)19)11(20-13)9(3)17/h8H,5-7H2,1-4H3,(H,14,15)(H,18,19). The summed E-state index contributed by atoms with van der Waals surface area (Å²) in [7, 11) is 2.06. The van der Waals surface area contributed by atoms with Crippen LogP contribution in [0.15, 0.2) is 0 Å². The molecule has 0 saturated heterocycles. The van der Waals surface area contributed by atoms with Crippen LogP contribution < -0.4 is 5.32 Å². The number of aromatic carboxylic acids is 1. The molecule has 0 aliphatic rings.